The molecule has 2 nitrogen and oxygen atoms in total. The molecule has 9 aromatic rings. The smallest absolute Gasteiger partial charge is 0.136 e. The number of hydrogen-bond acceptors (Lipinski definition) is 2. The van der Waals surface area contributed by atoms with Crippen molar-refractivity contribution in [2.45, 2.75) is 0 Å². The van der Waals surface area contributed by atoms with E-state index < -0.39 is 0 Å². The van der Waals surface area contributed by atoms with Crippen LogP contribution in [0.5, 0.6) is 0 Å². The number of nitrogens with zero attached hydrogens (tertiary/aromatic N) is 1. The Morgan fingerprint density at radius 1 is 0.292 bits per heavy atom. The van der Waals surface area contributed by atoms with E-state index in [1.165, 1.54) is 44.2 Å². The van der Waals surface area contributed by atoms with Crippen molar-refractivity contribution in [1.29, 1.82) is 0 Å². The molecular weight excluding hydrogens is 583 g/mol. The molecule has 2 heteroatoms. The van der Waals surface area contributed by atoms with Gasteiger partial charge in [-0.05, 0) is 105 Å². The van der Waals surface area contributed by atoms with Crippen molar-refractivity contribution in [2.24, 2.45) is 0 Å². The highest BCUT2D eigenvalue weighted by molar-refractivity contribution is 6.10. The Hall–Kier alpha value is -6.38. The van der Waals surface area contributed by atoms with Gasteiger partial charge in [0.15, 0.2) is 0 Å². The van der Waals surface area contributed by atoms with Gasteiger partial charge in [0.1, 0.15) is 11.2 Å². The lowest BCUT2D eigenvalue weighted by Crippen LogP contribution is -2.10. The summed E-state index contributed by atoms with van der Waals surface area (Å²) >= 11 is 0. The summed E-state index contributed by atoms with van der Waals surface area (Å²) in [6, 6.07) is 67.0. The molecule has 0 unspecified atom stereocenters. The summed E-state index contributed by atoms with van der Waals surface area (Å²) in [6.45, 7) is 0. The van der Waals surface area contributed by atoms with Gasteiger partial charge in [-0.1, -0.05) is 127 Å². The monoisotopic (exact) mass is 613 g/mol. The third-order valence-corrected chi connectivity index (χ3v) is 9.24. The van der Waals surface area contributed by atoms with E-state index in [0.717, 1.165) is 39.0 Å². The first-order chi connectivity index (χ1) is 23.8. The lowest BCUT2D eigenvalue weighted by molar-refractivity contribution is 0.669. The van der Waals surface area contributed by atoms with Gasteiger partial charge >= 0.3 is 0 Å². The maximum atomic E-state index is 6.20. The van der Waals surface area contributed by atoms with Gasteiger partial charge in [-0.3, -0.25) is 0 Å². The van der Waals surface area contributed by atoms with E-state index >= 15 is 0 Å². The second-order valence-electron chi connectivity index (χ2n) is 12.2. The van der Waals surface area contributed by atoms with Gasteiger partial charge in [0.25, 0.3) is 0 Å². The minimum atomic E-state index is 0.919. The van der Waals surface area contributed by atoms with Gasteiger partial charge in [0.05, 0.1) is 0 Å². The SMILES string of the molecule is c1ccc(-c2ccc(N(c3ccc(-c4ccc5cc6c(cc5c4)oc4ccccc46)cc3)c3cccc(-c4ccccc4)c3)cc2)cc1. The molecule has 0 amide bonds. The molecule has 0 bridgehead atoms. The average Bonchev–Trinajstić information content (AvgIpc) is 3.52. The summed E-state index contributed by atoms with van der Waals surface area (Å²) in [6.07, 6.45) is 0. The Morgan fingerprint density at radius 2 is 0.833 bits per heavy atom. The number of anilines is 3. The predicted molar refractivity (Wildman–Crippen MR) is 202 cm³/mol. The molecule has 226 valence electrons. The first-order valence-electron chi connectivity index (χ1n) is 16.3. The largest absolute Gasteiger partial charge is 0.456 e. The maximum absolute atomic E-state index is 6.20. The molecular formula is C46H31NO. The molecule has 0 saturated heterocycles. The van der Waals surface area contributed by atoms with Crippen molar-refractivity contribution >= 4 is 49.8 Å². The zero-order valence-corrected chi connectivity index (χ0v) is 26.3. The highest BCUT2D eigenvalue weighted by Crippen LogP contribution is 2.39. The van der Waals surface area contributed by atoms with Crippen LogP contribution in [-0.2, 0) is 0 Å². The topological polar surface area (TPSA) is 16.4 Å². The predicted octanol–water partition coefficient (Wildman–Crippen LogP) is 13.2. The number of furan rings is 1. The van der Waals surface area contributed by atoms with Crippen LogP contribution in [0.15, 0.2) is 192 Å². The summed E-state index contributed by atoms with van der Waals surface area (Å²) in [4.78, 5) is 2.34. The molecule has 0 saturated carbocycles. The second kappa shape index (κ2) is 11.8. The molecule has 0 fully saturated rings. The Bertz CT molecular complexity index is 2530. The number of hydrogen-bond donors (Lipinski definition) is 0. The number of para-hydroxylation sites is 1. The van der Waals surface area contributed by atoms with Crippen LogP contribution >= 0.6 is 0 Å². The Morgan fingerprint density at radius 3 is 1.54 bits per heavy atom. The van der Waals surface area contributed by atoms with Crippen LogP contribution in [0.3, 0.4) is 0 Å². The Balaban J connectivity index is 1.10. The highest BCUT2D eigenvalue weighted by atomic mass is 16.3. The van der Waals surface area contributed by atoms with Gasteiger partial charge in [-0.2, -0.15) is 0 Å². The standard InChI is InChI=1S/C46H31NO/c1-3-10-32(11-4-1)34-20-24-40(25-21-34)47(42-15-9-14-36(29-42)33-12-5-2-6-13-33)41-26-22-35(23-27-41)37-18-19-38-30-44-43-16-7-8-17-45(43)48-46(44)31-39(38)28-37/h1-31H. The molecule has 0 aliphatic heterocycles. The molecule has 0 spiro atoms. The van der Waals surface area contributed by atoms with Gasteiger partial charge in [0.2, 0.25) is 0 Å². The molecule has 9 rings (SSSR count). The van der Waals surface area contributed by atoms with Crippen LogP contribution in [0, 0.1) is 0 Å². The molecule has 0 aliphatic carbocycles. The summed E-state index contributed by atoms with van der Waals surface area (Å²) in [7, 11) is 0. The van der Waals surface area contributed by atoms with Crippen molar-refractivity contribution in [2.75, 3.05) is 4.90 Å². The van der Waals surface area contributed by atoms with Gasteiger partial charge in [-0.15, -0.1) is 0 Å². The molecule has 48 heavy (non-hydrogen) atoms. The number of fused-ring (bicyclic) bond motifs is 4. The van der Waals surface area contributed by atoms with E-state index in [9.17, 15) is 0 Å². The molecule has 0 atom stereocenters. The van der Waals surface area contributed by atoms with E-state index in [0.29, 0.717) is 0 Å². The van der Waals surface area contributed by atoms with Crippen LogP contribution in [0.2, 0.25) is 0 Å². The summed E-state index contributed by atoms with van der Waals surface area (Å²) in [5.41, 5.74) is 12.3. The number of rotatable bonds is 6. The molecule has 8 aromatic carbocycles. The fourth-order valence-corrected chi connectivity index (χ4v) is 6.79. The third-order valence-electron chi connectivity index (χ3n) is 9.24. The normalized spacial score (nSPS) is 11.3. The lowest BCUT2D eigenvalue weighted by Gasteiger charge is -2.26. The van der Waals surface area contributed by atoms with Gasteiger partial charge in [-0.25, -0.2) is 0 Å². The van der Waals surface area contributed by atoms with Gasteiger partial charge < -0.3 is 9.32 Å². The minimum absolute atomic E-state index is 0.919. The molecule has 1 heterocycles. The van der Waals surface area contributed by atoms with Crippen LogP contribution < -0.4 is 4.90 Å². The first-order valence-corrected chi connectivity index (χ1v) is 16.3. The fourth-order valence-electron chi connectivity index (χ4n) is 6.79. The summed E-state index contributed by atoms with van der Waals surface area (Å²) < 4.78 is 6.20. The molecule has 0 aliphatic rings. The zero-order valence-electron chi connectivity index (χ0n) is 26.3. The summed E-state index contributed by atoms with van der Waals surface area (Å²) in [5, 5.41) is 4.69. The zero-order chi connectivity index (χ0) is 31.9. The molecule has 0 N–H and O–H groups in total. The Labute approximate surface area is 279 Å². The molecule has 1 aromatic heterocycles. The summed E-state index contributed by atoms with van der Waals surface area (Å²) in [5.74, 6) is 0. The van der Waals surface area contributed by atoms with Crippen LogP contribution in [0.1, 0.15) is 0 Å². The molecule has 0 radical (unpaired) electrons. The van der Waals surface area contributed by atoms with Crippen molar-refractivity contribution < 1.29 is 4.42 Å². The lowest BCUT2D eigenvalue weighted by atomic mass is 9.99. The van der Waals surface area contributed by atoms with E-state index in [4.69, 9.17) is 4.42 Å². The first kappa shape index (κ1) is 27.9. The van der Waals surface area contributed by atoms with Crippen molar-refractivity contribution in [3.05, 3.63) is 188 Å². The van der Waals surface area contributed by atoms with Gasteiger partial charge in [0, 0.05) is 27.8 Å². The minimum Gasteiger partial charge on any atom is -0.456 e. The van der Waals surface area contributed by atoms with Crippen molar-refractivity contribution in [1.82, 2.24) is 0 Å². The van der Waals surface area contributed by atoms with Crippen molar-refractivity contribution in [3.8, 4) is 33.4 Å². The van der Waals surface area contributed by atoms with Crippen molar-refractivity contribution in [3.63, 3.8) is 0 Å². The maximum Gasteiger partial charge on any atom is 0.136 e. The van der Waals surface area contributed by atoms with E-state index in [-0.39, 0.29) is 0 Å². The van der Waals surface area contributed by atoms with E-state index in [1.807, 2.05) is 12.1 Å². The third kappa shape index (κ3) is 5.10. The highest BCUT2D eigenvalue weighted by Gasteiger charge is 2.15. The van der Waals surface area contributed by atoms with Crippen LogP contribution in [-0.4, -0.2) is 0 Å². The van der Waals surface area contributed by atoms with Crippen LogP contribution in [0.25, 0.3) is 66.1 Å². The fraction of sp³-hybridized carbons (Fsp3) is 0. The Kier molecular flexibility index (Phi) is 6.84. The average molecular weight is 614 g/mol. The quantitative estimate of drug-likeness (QED) is 0.185. The van der Waals surface area contributed by atoms with Crippen LogP contribution in [0.4, 0.5) is 17.1 Å². The second-order valence-corrected chi connectivity index (χ2v) is 12.2. The van der Waals surface area contributed by atoms with E-state index in [2.05, 4.69) is 181 Å². The number of benzene rings is 8. The van der Waals surface area contributed by atoms with E-state index in [1.54, 1.807) is 0 Å².